The van der Waals surface area contributed by atoms with Crippen LogP contribution < -0.4 is 21.7 Å². The van der Waals surface area contributed by atoms with E-state index in [1.807, 2.05) is 0 Å². The number of hydrogen-bond acceptors (Lipinski definition) is 9. The predicted molar refractivity (Wildman–Crippen MR) is 129 cm³/mol. The molecule has 0 aromatic heterocycles. The predicted octanol–water partition coefficient (Wildman–Crippen LogP) is -1.99. The number of rotatable bonds is 17. The van der Waals surface area contributed by atoms with Crippen LogP contribution in [-0.4, -0.2) is 91.3 Å². The van der Waals surface area contributed by atoms with Gasteiger partial charge in [0.2, 0.25) is 17.7 Å². The van der Waals surface area contributed by atoms with E-state index in [4.69, 9.17) is 21.1 Å². The van der Waals surface area contributed by atoms with Gasteiger partial charge in [0, 0.05) is 19.3 Å². The van der Waals surface area contributed by atoms with Crippen LogP contribution in [0.1, 0.15) is 37.7 Å². The average molecular weight is 555 g/mol. The number of nitrogens with two attached hydrogens (primary N) is 1. The number of benzene rings is 1. The van der Waals surface area contributed by atoms with Crippen molar-refractivity contribution in [1.82, 2.24) is 16.0 Å². The van der Waals surface area contributed by atoms with Crippen LogP contribution >= 0.6 is 0 Å². The molecule has 0 radical (unpaired) electrons. The maximum Gasteiger partial charge on any atom is 0.326 e. The van der Waals surface area contributed by atoms with E-state index in [1.54, 1.807) is 0 Å². The van der Waals surface area contributed by atoms with Crippen LogP contribution in [0.15, 0.2) is 24.3 Å². The van der Waals surface area contributed by atoms with Gasteiger partial charge in [-0.1, -0.05) is 12.1 Å². The molecule has 39 heavy (non-hydrogen) atoms. The number of carbonyl (C=O) groups is 7. The Bertz CT molecular complexity index is 1080. The maximum absolute atomic E-state index is 12.9. The summed E-state index contributed by atoms with van der Waals surface area (Å²) in [4.78, 5) is 82.7. The molecule has 0 aliphatic heterocycles. The second kappa shape index (κ2) is 15.5. The summed E-state index contributed by atoms with van der Waals surface area (Å²) in [6, 6.07) is -0.890. The van der Waals surface area contributed by atoms with Crippen LogP contribution in [0.3, 0.4) is 0 Å². The highest BCUT2D eigenvalue weighted by atomic mass is 16.4. The summed E-state index contributed by atoms with van der Waals surface area (Å²) < 4.78 is 0. The molecule has 0 saturated carbocycles. The molecule has 0 aliphatic carbocycles. The van der Waals surface area contributed by atoms with Crippen LogP contribution in [0, 0.1) is 0 Å². The fraction of sp³-hybridized carbons (Fsp3) is 0.435. The Balaban J connectivity index is 3.05. The number of carboxylic acids is 4. The first kappa shape index (κ1) is 32.3. The highest BCUT2D eigenvalue weighted by molar-refractivity contribution is 5.95. The summed E-state index contributed by atoms with van der Waals surface area (Å²) in [6.07, 6.45) is -3.13. The van der Waals surface area contributed by atoms with Gasteiger partial charge in [0.1, 0.15) is 23.9 Å². The smallest absolute Gasteiger partial charge is 0.326 e. The van der Waals surface area contributed by atoms with Crippen molar-refractivity contribution in [2.75, 3.05) is 0 Å². The lowest BCUT2D eigenvalue weighted by molar-refractivity contribution is -0.143. The van der Waals surface area contributed by atoms with Gasteiger partial charge in [-0.15, -0.1) is 0 Å². The largest absolute Gasteiger partial charge is 0.508 e. The van der Waals surface area contributed by atoms with Crippen LogP contribution in [0.5, 0.6) is 5.75 Å². The number of amides is 3. The van der Waals surface area contributed by atoms with E-state index in [1.165, 1.54) is 24.3 Å². The molecule has 0 fully saturated rings. The van der Waals surface area contributed by atoms with E-state index in [2.05, 4.69) is 16.0 Å². The monoisotopic (exact) mass is 554 g/mol. The minimum absolute atomic E-state index is 0.0723. The molecule has 1 aromatic carbocycles. The fourth-order valence-electron chi connectivity index (χ4n) is 3.22. The summed E-state index contributed by atoms with van der Waals surface area (Å²) in [5.74, 6) is -8.97. The number of aliphatic carboxylic acids is 4. The zero-order valence-electron chi connectivity index (χ0n) is 20.5. The molecule has 1 rings (SSSR count). The third kappa shape index (κ3) is 12.4. The highest BCUT2D eigenvalue weighted by Gasteiger charge is 2.32. The Morgan fingerprint density at radius 1 is 0.667 bits per heavy atom. The van der Waals surface area contributed by atoms with Crippen LogP contribution in [0.25, 0.3) is 0 Å². The van der Waals surface area contributed by atoms with Gasteiger partial charge >= 0.3 is 23.9 Å². The van der Waals surface area contributed by atoms with Gasteiger partial charge in [0.05, 0.1) is 12.5 Å². The molecule has 0 bridgehead atoms. The van der Waals surface area contributed by atoms with Crippen molar-refractivity contribution in [3.05, 3.63) is 29.8 Å². The lowest BCUT2D eigenvalue weighted by atomic mass is 10.0. The van der Waals surface area contributed by atoms with Gasteiger partial charge in [-0.3, -0.25) is 28.8 Å². The van der Waals surface area contributed by atoms with E-state index in [9.17, 15) is 43.8 Å². The van der Waals surface area contributed by atoms with E-state index < -0.39 is 91.4 Å². The molecule has 4 atom stereocenters. The number of aromatic hydroxyl groups is 1. The van der Waals surface area contributed by atoms with Crippen molar-refractivity contribution in [2.45, 2.75) is 62.7 Å². The SMILES string of the molecule is NC(CCC(=O)O)C(=O)NC(CC(=O)O)C(=O)NC(CCC(=O)O)C(=O)NC(Cc1ccc(O)cc1)C(=O)O. The Hall–Kier alpha value is -4.73. The van der Waals surface area contributed by atoms with Gasteiger partial charge in [0.15, 0.2) is 0 Å². The number of carboxylic acid groups (broad SMARTS) is 4. The molecule has 0 heterocycles. The Kier molecular flexibility index (Phi) is 12.8. The van der Waals surface area contributed by atoms with E-state index >= 15 is 0 Å². The number of hydrogen-bond donors (Lipinski definition) is 9. The third-order valence-corrected chi connectivity index (χ3v) is 5.29. The van der Waals surface area contributed by atoms with Gasteiger partial charge in [-0.2, -0.15) is 0 Å². The first-order chi connectivity index (χ1) is 18.2. The fourth-order valence-corrected chi connectivity index (χ4v) is 3.22. The quantitative estimate of drug-likeness (QED) is 0.101. The average Bonchev–Trinajstić information content (AvgIpc) is 2.84. The number of carbonyl (C=O) groups excluding carboxylic acids is 3. The van der Waals surface area contributed by atoms with Gasteiger partial charge in [0.25, 0.3) is 0 Å². The number of nitrogens with one attached hydrogen (secondary N) is 3. The summed E-state index contributed by atoms with van der Waals surface area (Å²) in [5.41, 5.74) is 6.00. The van der Waals surface area contributed by atoms with Crippen LogP contribution in [0.4, 0.5) is 0 Å². The van der Waals surface area contributed by atoms with Crippen molar-refractivity contribution in [1.29, 1.82) is 0 Å². The van der Waals surface area contributed by atoms with Crippen molar-refractivity contribution in [3.8, 4) is 5.75 Å². The topological polar surface area (TPSA) is 283 Å². The third-order valence-electron chi connectivity index (χ3n) is 5.29. The van der Waals surface area contributed by atoms with Gasteiger partial charge in [-0.05, 0) is 30.5 Å². The standard InChI is InChI=1S/C23H30N4O12/c24-13(5-7-17(29)30)20(35)26-15(10-19(33)34)22(37)25-14(6-8-18(31)32)21(36)27-16(23(38)39)9-11-1-3-12(28)4-2-11/h1-4,13-16,28H,5-10,24H2,(H,25,37)(H,26,35)(H,27,36)(H,29,30)(H,31,32)(H,33,34)(H,38,39). The first-order valence-corrected chi connectivity index (χ1v) is 11.5. The van der Waals surface area contributed by atoms with Crippen molar-refractivity contribution >= 4 is 41.6 Å². The molecule has 0 spiro atoms. The zero-order chi connectivity index (χ0) is 29.7. The van der Waals surface area contributed by atoms with E-state index in [0.717, 1.165) is 0 Å². The molecule has 3 amide bonds. The lowest BCUT2D eigenvalue weighted by Crippen LogP contribution is -2.57. The molecule has 16 nitrogen and oxygen atoms in total. The molecule has 10 N–H and O–H groups in total. The van der Waals surface area contributed by atoms with Gasteiger partial charge < -0.3 is 47.2 Å². The molecule has 214 valence electrons. The lowest BCUT2D eigenvalue weighted by Gasteiger charge is -2.24. The normalized spacial score (nSPS) is 13.7. The Labute approximate surface area is 221 Å². The van der Waals surface area contributed by atoms with Crippen molar-refractivity contribution in [2.24, 2.45) is 5.73 Å². The molecule has 4 unspecified atom stereocenters. The minimum Gasteiger partial charge on any atom is -0.508 e. The highest BCUT2D eigenvalue weighted by Crippen LogP contribution is 2.12. The molecular formula is C23H30N4O12. The number of phenols is 1. The summed E-state index contributed by atoms with van der Waals surface area (Å²) in [7, 11) is 0. The van der Waals surface area contributed by atoms with Crippen LogP contribution in [-0.2, 0) is 40.0 Å². The van der Waals surface area contributed by atoms with E-state index in [-0.39, 0.29) is 18.6 Å². The Morgan fingerprint density at radius 2 is 1.15 bits per heavy atom. The molecule has 1 aromatic rings. The molecule has 16 heteroatoms. The Morgan fingerprint density at radius 3 is 1.67 bits per heavy atom. The summed E-state index contributed by atoms with van der Waals surface area (Å²) in [6.45, 7) is 0. The second-order valence-electron chi connectivity index (χ2n) is 8.46. The second-order valence-corrected chi connectivity index (χ2v) is 8.46. The molecule has 0 saturated heterocycles. The molecular weight excluding hydrogens is 524 g/mol. The zero-order valence-corrected chi connectivity index (χ0v) is 20.5. The first-order valence-electron chi connectivity index (χ1n) is 11.5. The number of phenolic OH excluding ortho intramolecular Hbond substituents is 1. The molecule has 0 aliphatic rings. The summed E-state index contributed by atoms with van der Waals surface area (Å²) >= 11 is 0. The van der Waals surface area contributed by atoms with Crippen molar-refractivity contribution in [3.63, 3.8) is 0 Å². The van der Waals surface area contributed by atoms with E-state index in [0.29, 0.717) is 5.56 Å². The minimum atomic E-state index is -1.78. The van der Waals surface area contributed by atoms with Crippen LogP contribution in [0.2, 0.25) is 0 Å². The summed E-state index contributed by atoms with van der Waals surface area (Å²) in [5, 5.41) is 52.1. The van der Waals surface area contributed by atoms with Crippen molar-refractivity contribution < 1.29 is 59.1 Å². The van der Waals surface area contributed by atoms with Gasteiger partial charge in [-0.25, -0.2) is 4.79 Å². The maximum atomic E-state index is 12.9.